The van der Waals surface area contributed by atoms with E-state index in [1.807, 2.05) is 12.1 Å². The van der Waals surface area contributed by atoms with Gasteiger partial charge in [0, 0.05) is 21.0 Å². The Morgan fingerprint density at radius 3 is 2.47 bits per heavy atom. The summed E-state index contributed by atoms with van der Waals surface area (Å²) < 4.78 is 0. The van der Waals surface area contributed by atoms with Crippen LogP contribution in [0.15, 0.2) is 35.7 Å². The van der Waals surface area contributed by atoms with Gasteiger partial charge in [-0.25, -0.2) is 0 Å². The Morgan fingerprint density at radius 2 is 1.88 bits per heavy atom. The molecule has 0 amide bonds. The van der Waals surface area contributed by atoms with Gasteiger partial charge >= 0.3 is 0 Å². The second-order valence-corrected chi connectivity index (χ2v) is 5.83. The summed E-state index contributed by atoms with van der Waals surface area (Å²) in [6, 6.07) is 9.65. The third kappa shape index (κ3) is 3.71. The normalized spacial score (nSPS) is 12.6. The fourth-order valence-electron chi connectivity index (χ4n) is 1.71. The van der Waals surface area contributed by atoms with Gasteiger partial charge in [0.25, 0.3) is 0 Å². The summed E-state index contributed by atoms with van der Waals surface area (Å²) in [4.78, 5) is 1.36. The lowest BCUT2D eigenvalue weighted by Gasteiger charge is -2.12. The van der Waals surface area contributed by atoms with Gasteiger partial charge in [-0.1, -0.05) is 29.3 Å². The van der Waals surface area contributed by atoms with Gasteiger partial charge in [-0.2, -0.15) is 0 Å². The Hall–Kier alpha value is -0.540. The largest absolute Gasteiger partial charge is 0.324 e. The van der Waals surface area contributed by atoms with Crippen molar-refractivity contribution in [3.05, 3.63) is 56.2 Å². The van der Waals surface area contributed by atoms with Gasteiger partial charge in [0.05, 0.1) is 0 Å². The lowest BCUT2D eigenvalue weighted by atomic mass is 10.0. The lowest BCUT2D eigenvalue weighted by molar-refractivity contribution is 0.655. The van der Waals surface area contributed by atoms with Crippen molar-refractivity contribution in [2.45, 2.75) is 18.9 Å². The van der Waals surface area contributed by atoms with Gasteiger partial charge in [0.1, 0.15) is 0 Å². The summed E-state index contributed by atoms with van der Waals surface area (Å²) >= 11 is 13.7. The minimum absolute atomic E-state index is 0.0201. The molecule has 0 bridgehead atoms. The Bertz CT molecular complexity index is 462. The van der Waals surface area contributed by atoms with Crippen molar-refractivity contribution >= 4 is 34.5 Å². The number of hydrogen-bond acceptors (Lipinski definition) is 2. The van der Waals surface area contributed by atoms with E-state index in [-0.39, 0.29) is 6.04 Å². The van der Waals surface area contributed by atoms with Gasteiger partial charge in [0.2, 0.25) is 0 Å². The van der Waals surface area contributed by atoms with E-state index in [0.29, 0.717) is 10.0 Å². The molecule has 1 atom stereocenters. The molecule has 17 heavy (non-hydrogen) atoms. The summed E-state index contributed by atoms with van der Waals surface area (Å²) in [5, 5.41) is 3.36. The highest BCUT2D eigenvalue weighted by molar-refractivity contribution is 7.09. The molecule has 0 aliphatic heterocycles. The number of rotatable bonds is 4. The summed E-state index contributed by atoms with van der Waals surface area (Å²) in [5.74, 6) is 0. The minimum Gasteiger partial charge on any atom is -0.324 e. The van der Waals surface area contributed by atoms with Gasteiger partial charge in [-0.05, 0) is 48.1 Å². The van der Waals surface area contributed by atoms with Crippen molar-refractivity contribution in [3.63, 3.8) is 0 Å². The molecule has 0 radical (unpaired) electrons. The van der Waals surface area contributed by atoms with Crippen molar-refractivity contribution in [1.82, 2.24) is 0 Å². The smallest absolute Gasteiger partial charge is 0.0424 e. The van der Waals surface area contributed by atoms with Gasteiger partial charge in [-0.3, -0.25) is 0 Å². The van der Waals surface area contributed by atoms with Crippen LogP contribution in [0.25, 0.3) is 0 Å². The van der Waals surface area contributed by atoms with Gasteiger partial charge < -0.3 is 5.73 Å². The van der Waals surface area contributed by atoms with Crippen LogP contribution < -0.4 is 5.73 Å². The maximum absolute atomic E-state index is 6.14. The van der Waals surface area contributed by atoms with E-state index in [0.717, 1.165) is 18.4 Å². The SMILES string of the molecule is NC(CCc1cccs1)c1cc(Cl)cc(Cl)c1. The number of halogens is 2. The van der Waals surface area contributed by atoms with Crippen molar-refractivity contribution < 1.29 is 0 Å². The van der Waals surface area contributed by atoms with Crippen LogP contribution in [-0.2, 0) is 6.42 Å². The van der Waals surface area contributed by atoms with E-state index in [9.17, 15) is 0 Å². The lowest BCUT2D eigenvalue weighted by Crippen LogP contribution is -2.11. The topological polar surface area (TPSA) is 26.0 Å². The molecule has 2 N–H and O–H groups in total. The number of hydrogen-bond donors (Lipinski definition) is 1. The van der Waals surface area contributed by atoms with Crippen LogP contribution in [0, 0.1) is 0 Å². The minimum atomic E-state index is -0.0201. The van der Waals surface area contributed by atoms with E-state index >= 15 is 0 Å². The second-order valence-electron chi connectivity index (χ2n) is 3.93. The quantitative estimate of drug-likeness (QED) is 0.867. The molecule has 4 heteroatoms. The molecule has 0 saturated carbocycles. The Balaban J connectivity index is 2.01. The number of benzene rings is 1. The van der Waals surface area contributed by atoms with E-state index < -0.39 is 0 Å². The van der Waals surface area contributed by atoms with Gasteiger partial charge in [-0.15, -0.1) is 11.3 Å². The average Bonchev–Trinajstić information content (AvgIpc) is 2.77. The molecule has 90 valence electrons. The first-order valence-electron chi connectivity index (χ1n) is 5.39. The van der Waals surface area contributed by atoms with Crippen LogP contribution in [-0.4, -0.2) is 0 Å². The molecule has 1 heterocycles. The summed E-state index contributed by atoms with van der Waals surface area (Å²) in [6.07, 6.45) is 1.89. The van der Waals surface area contributed by atoms with Crippen LogP contribution in [0.4, 0.5) is 0 Å². The number of nitrogens with two attached hydrogens (primary N) is 1. The molecule has 0 aliphatic rings. The third-order valence-electron chi connectivity index (χ3n) is 2.59. The molecule has 1 aromatic carbocycles. The van der Waals surface area contributed by atoms with Crippen LogP contribution in [0.2, 0.25) is 10.0 Å². The predicted molar refractivity (Wildman–Crippen MR) is 76.0 cm³/mol. The predicted octanol–water partition coefficient (Wildman–Crippen LogP) is 4.69. The van der Waals surface area contributed by atoms with Crippen LogP contribution in [0.1, 0.15) is 22.9 Å². The zero-order valence-corrected chi connectivity index (χ0v) is 11.5. The maximum atomic E-state index is 6.14. The number of aryl methyl sites for hydroxylation is 1. The monoisotopic (exact) mass is 285 g/mol. The molecule has 0 saturated heterocycles. The molecule has 1 aromatic heterocycles. The molecular formula is C13H13Cl2NS. The number of thiophene rings is 1. The molecule has 1 unspecified atom stereocenters. The Morgan fingerprint density at radius 1 is 1.18 bits per heavy atom. The first kappa shape index (κ1) is 12.9. The van der Waals surface area contributed by atoms with Crippen molar-refractivity contribution in [3.8, 4) is 0 Å². The second kappa shape index (κ2) is 5.87. The van der Waals surface area contributed by atoms with E-state index in [2.05, 4.69) is 17.5 Å². The van der Waals surface area contributed by atoms with Crippen LogP contribution in [0.5, 0.6) is 0 Å². The van der Waals surface area contributed by atoms with Crippen LogP contribution >= 0.6 is 34.5 Å². The summed E-state index contributed by atoms with van der Waals surface area (Å²) in [5.41, 5.74) is 7.14. The maximum Gasteiger partial charge on any atom is 0.0424 e. The average molecular weight is 286 g/mol. The fraction of sp³-hybridized carbons (Fsp3) is 0.231. The Kier molecular flexibility index (Phi) is 4.46. The van der Waals surface area contributed by atoms with Crippen molar-refractivity contribution in [2.75, 3.05) is 0 Å². The van der Waals surface area contributed by atoms with Crippen molar-refractivity contribution in [2.24, 2.45) is 5.73 Å². The summed E-state index contributed by atoms with van der Waals surface area (Å²) in [7, 11) is 0. The highest BCUT2D eigenvalue weighted by Gasteiger charge is 2.08. The van der Waals surface area contributed by atoms with Crippen molar-refractivity contribution in [1.29, 1.82) is 0 Å². The zero-order chi connectivity index (χ0) is 12.3. The Labute approximate surface area is 115 Å². The highest BCUT2D eigenvalue weighted by atomic mass is 35.5. The standard InChI is InChI=1S/C13H13Cl2NS/c14-10-6-9(7-11(15)8-10)13(16)4-3-12-2-1-5-17-12/h1-2,5-8,13H,3-4,16H2. The fourth-order valence-corrected chi connectivity index (χ4v) is 2.98. The third-order valence-corrected chi connectivity index (χ3v) is 3.97. The van der Waals surface area contributed by atoms with E-state index in [1.54, 1.807) is 17.4 Å². The molecular weight excluding hydrogens is 273 g/mol. The molecule has 2 rings (SSSR count). The highest BCUT2D eigenvalue weighted by Crippen LogP contribution is 2.25. The molecule has 2 aromatic rings. The molecule has 0 spiro atoms. The molecule has 0 aliphatic carbocycles. The molecule has 0 fully saturated rings. The van der Waals surface area contributed by atoms with Gasteiger partial charge in [0.15, 0.2) is 0 Å². The first-order valence-corrected chi connectivity index (χ1v) is 7.02. The molecule has 1 nitrogen and oxygen atoms in total. The first-order chi connectivity index (χ1) is 8.15. The van der Waals surface area contributed by atoms with Crippen LogP contribution in [0.3, 0.4) is 0 Å². The van der Waals surface area contributed by atoms with E-state index in [4.69, 9.17) is 28.9 Å². The van der Waals surface area contributed by atoms with E-state index in [1.165, 1.54) is 4.88 Å². The zero-order valence-electron chi connectivity index (χ0n) is 9.20. The summed E-state index contributed by atoms with van der Waals surface area (Å²) in [6.45, 7) is 0.